The number of hydrogen-bond acceptors (Lipinski definition) is 6. The van der Waals surface area contributed by atoms with E-state index in [1.54, 1.807) is 19.8 Å². The van der Waals surface area contributed by atoms with Crippen LogP contribution in [0.3, 0.4) is 0 Å². The fourth-order valence-electron chi connectivity index (χ4n) is 10.8. The van der Waals surface area contributed by atoms with Crippen LogP contribution >= 0.6 is 0 Å². The van der Waals surface area contributed by atoms with Gasteiger partial charge in [0.05, 0.1) is 80.5 Å². The summed E-state index contributed by atoms with van der Waals surface area (Å²) in [5.41, 5.74) is 16.7. The highest BCUT2D eigenvalue weighted by Gasteiger charge is 2.45. The molecule has 0 spiro atoms. The lowest BCUT2D eigenvalue weighted by Crippen LogP contribution is -2.35. The minimum atomic E-state index is -0.284. The summed E-state index contributed by atoms with van der Waals surface area (Å²) in [5.74, 6) is 0. The van der Waals surface area contributed by atoms with E-state index in [1.165, 1.54) is 126 Å². The van der Waals surface area contributed by atoms with Gasteiger partial charge in [0.15, 0.2) is 0 Å². The van der Waals surface area contributed by atoms with E-state index < -0.39 is 0 Å². The average Bonchev–Trinajstić information content (AvgIpc) is 3.69. The molecule has 2 aliphatic rings. The van der Waals surface area contributed by atoms with E-state index >= 15 is 0 Å². The first-order chi connectivity index (χ1) is 31.7. The number of hydrogen-bond donors (Lipinski definition) is 0. The van der Waals surface area contributed by atoms with Gasteiger partial charge in [-0.2, -0.15) is 0 Å². The molecule has 1 unspecified atom stereocenters. The Kier molecular flexibility index (Phi) is 19.1. The van der Waals surface area contributed by atoms with Gasteiger partial charge in [0.25, 0.3) is 0 Å². The zero-order valence-electron chi connectivity index (χ0n) is 42.9. The minimum absolute atomic E-state index is 0.00546. The zero-order chi connectivity index (χ0) is 47.2. The van der Waals surface area contributed by atoms with E-state index in [1.807, 2.05) is 0 Å². The molecule has 0 heterocycles. The van der Waals surface area contributed by atoms with Gasteiger partial charge >= 0.3 is 0 Å². The van der Waals surface area contributed by atoms with E-state index in [-0.39, 0.29) is 10.8 Å². The van der Waals surface area contributed by atoms with E-state index in [4.69, 9.17) is 28.4 Å². The Hall–Kier alpha value is -3.40. The molecule has 4 aromatic carbocycles. The Morgan fingerprint density at radius 3 is 1.23 bits per heavy atom. The standard InChI is InChI=1S/C59H86NO6/c1-45-17-21-49-51-23-19-47(43-55(51)58(53(49)41-45,26-14-11-13-25-57(3,4)5)27-15-12-16-30-60(6,7)8)48-20-24-52-50-22-18-46(2)42-54(50)59(56(52)44-48,28-31-63-37-39-65-35-33-61-9)29-32-64-38-40-66-36-34-62-10/h17-24,41-44H,11-16,25-40H2,1-10H3/q+1. The molecule has 0 bridgehead atoms. The molecule has 0 aliphatic heterocycles. The predicted octanol–water partition coefficient (Wildman–Crippen LogP) is 12.9. The number of aryl methyl sites for hydroxylation is 2. The zero-order valence-corrected chi connectivity index (χ0v) is 42.9. The van der Waals surface area contributed by atoms with Gasteiger partial charge < -0.3 is 32.9 Å². The van der Waals surface area contributed by atoms with Crippen LogP contribution in [0.15, 0.2) is 72.8 Å². The van der Waals surface area contributed by atoms with Crippen molar-refractivity contribution in [2.24, 2.45) is 5.41 Å². The molecule has 1 atom stereocenters. The van der Waals surface area contributed by atoms with Gasteiger partial charge in [-0.3, -0.25) is 0 Å². The maximum atomic E-state index is 6.36. The van der Waals surface area contributed by atoms with Crippen LogP contribution < -0.4 is 0 Å². The summed E-state index contributed by atoms with van der Waals surface area (Å²) in [6.45, 7) is 18.6. The van der Waals surface area contributed by atoms with Gasteiger partial charge in [-0.25, -0.2) is 0 Å². The third kappa shape index (κ3) is 13.4. The monoisotopic (exact) mass is 905 g/mol. The number of ether oxygens (including phenoxy) is 6. The number of rotatable bonds is 30. The molecule has 4 aromatic rings. The summed E-state index contributed by atoms with van der Waals surface area (Å²) in [4.78, 5) is 0. The highest BCUT2D eigenvalue weighted by Crippen LogP contribution is 2.57. The van der Waals surface area contributed by atoms with E-state index in [2.05, 4.69) is 129 Å². The van der Waals surface area contributed by atoms with Crippen LogP contribution in [0.25, 0.3) is 33.4 Å². The average molecular weight is 905 g/mol. The van der Waals surface area contributed by atoms with Crippen molar-refractivity contribution >= 4 is 0 Å². The van der Waals surface area contributed by atoms with Crippen molar-refractivity contribution in [3.05, 3.63) is 106 Å². The van der Waals surface area contributed by atoms with Crippen molar-refractivity contribution in [3.63, 3.8) is 0 Å². The van der Waals surface area contributed by atoms with E-state index in [9.17, 15) is 0 Å². The van der Waals surface area contributed by atoms with E-state index in [0.29, 0.717) is 71.5 Å². The maximum Gasteiger partial charge on any atom is 0.0780 e. The molecule has 0 fully saturated rings. The summed E-state index contributed by atoms with van der Waals surface area (Å²) in [5, 5.41) is 0. The van der Waals surface area contributed by atoms with Crippen molar-refractivity contribution in [1.29, 1.82) is 0 Å². The van der Waals surface area contributed by atoms with Gasteiger partial charge in [0, 0.05) is 38.3 Å². The largest absolute Gasteiger partial charge is 0.382 e. The molecule has 0 radical (unpaired) electrons. The van der Waals surface area contributed by atoms with Gasteiger partial charge in [0.1, 0.15) is 0 Å². The van der Waals surface area contributed by atoms with Crippen LogP contribution in [-0.2, 0) is 39.3 Å². The van der Waals surface area contributed by atoms with Crippen LogP contribution in [0, 0.1) is 19.3 Å². The molecule has 0 aromatic heterocycles. The fraction of sp³-hybridized carbons (Fsp3) is 0.593. The molecule has 0 N–H and O–H groups in total. The van der Waals surface area contributed by atoms with Gasteiger partial charge in [-0.05, 0) is 132 Å². The first-order valence-electron chi connectivity index (χ1n) is 25.3. The summed E-state index contributed by atoms with van der Waals surface area (Å²) in [6, 6.07) is 29.1. The first-order valence-corrected chi connectivity index (χ1v) is 25.3. The van der Waals surface area contributed by atoms with Crippen LogP contribution in [0.5, 0.6) is 0 Å². The second kappa shape index (κ2) is 24.2. The van der Waals surface area contributed by atoms with Crippen LogP contribution in [-0.4, -0.2) is 112 Å². The Balaban J connectivity index is 1.37. The fourth-order valence-corrected chi connectivity index (χ4v) is 10.8. The minimum Gasteiger partial charge on any atom is -0.382 e. The topological polar surface area (TPSA) is 55.4 Å². The Morgan fingerprint density at radius 1 is 0.424 bits per heavy atom. The van der Waals surface area contributed by atoms with Crippen molar-refractivity contribution in [1.82, 2.24) is 0 Å². The molecule has 0 amide bonds. The molecular weight excluding hydrogens is 819 g/mol. The lowest BCUT2D eigenvalue weighted by molar-refractivity contribution is -0.870. The second-order valence-corrected chi connectivity index (χ2v) is 21.7. The first kappa shape index (κ1) is 52.0. The lowest BCUT2D eigenvalue weighted by Gasteiger charge is -2.34. The van der Waals surface area contributed by atoms with Gasteiger partial charge in [-0.1, -0.05) is 118 Å². The molecular formula is C59H86NO6+. The molecule has 0 saturated carbocycles. The third-order valence-electron chi connectivity index (χ3n) is 14.3. The van der Waals surface area contributed by atoms with Gasteiger partial charge in [0.2, 0.25) is 0 Å². The Bertz CT molecular complexity index is 2080. The highest BCUT2D eigenvalue weighted by atomic mass is 16.5. The molecule has 6 rings (SSSR count). The molecule has 66 heavy (non-hydrogen) atoms. The maximum absolute atomic E-state index is 6.36. The predicted molar refractivity (Wildman–Crippen MR) is 274 cm³/mol. The van der Waals surface area contributed by atoms with Crippen LogP contribution in [0.4, 0.5) is 0 Å². The Labute approximate surface area is 400 Å². The number of benzene rings is 4. The van der Waals surface area contributed by atoms with Crippen molar-refractivity contribution in [3.8, 4) is 33.4 Å². The molecule has 7 heteroatoms. The van der Waals surface area contributed by atoms with E-state index in [0.717, 1.165) is 17.3 Å². The smallest absolute Gasteiger partial charge is 0.0780 e. The van der Waals surface area contributed by atoms with Crippen molar-refractivity contribution in [2.75, 3.05) is 108 Å². The lowest BCUT2D eigenvalue weighted by atomic mass is 9.70. The third-order valence-corrected chi connectivity index (χ3v) is 14.3. The van der Waals surface area contributed by atoms with Crippen molar-refractivity contribution < 1.29 is 32.9 Å². The summed E-state index contributed by atoms with van der Waals surface area (Å²) < 4.78 is 35.6. The molecule has 362 valence electrons. The summed E-state index contributed by atoms with van der Waals surface area (Å²) in [6.07, 6.45) is 12.9. The number of quaternary nitrogens is 1. The number of nitrogens with zero attached hydrogens (tertiary/aromatic N) is 1. The molecule has 7 nitrogen and oxygen atoms in total. The Morgan fingerprint density at radius 2 is 0.803 bits per heavy atom. The quantitative estimate of drug-likeness (QED) is 0.0384. The number of methoxy groups -OCH3 is 2. The van der Waals surface area contributed by atoms with Crippen molar-refractivity contribution in [2.45, 2.75) is 116 Å². The SMILES string of the molecule is COCCOCCOCCC1(CCOCCOCCOC)c2cc(C)ccc2-c2ccc(-c3ccc4c(c3)C(CCCCCC(C)(C)C)(CCCCC[N+](C)(C)C)c3cc(C)ccc3-4)cc21. The van der Waals surface area contributed by atoms with Crippen LogP contribution in [0.1, 0.15) is 125 Å². The normalized spacial score (nSPS) is 16.1. The number of unbranched alkanes of at least 4 members (excludes halogenated alkanes) is 4. The van der Waals surface area contributed by atoms with Gasteiger partial charge in [-0.15, -0.1) is 0 Å². The molecule has 0 saturated heterocycles. The highest BCUT2D eigenvalue weighted by molar-refractivity contribution is 5.87. The second-order valence-electron chi connectivity index (χ2n) is 21.7. The number of fused-ring (bicyclic) bond motifs is 6. The summed E-state index contributed by atoms with van der Waals surface area (Å²) in [7, 11) is 10.4. The molecule has 2 aliphatic carbocycles. The van der Waals surface area contributed by atoms with Crippen LogP contribution in [0.2, 0.25) is 0 Å². The summed E-state index contributed by atoms with van der Waals surface area (Å²) >= 11 is 0.